The van der Waals surface area contributed by atoms with Crippen LogP contribution in [0.1, 0.15) is 45.7 Å². The zero-order valence-electron chi connectivity index (χ0n) is 17.4. The number of benzene rings is 3. The largest absolute Gasteiger partial charge is 0.271 e. The molecule has 0 radical (unpaired) electrons. The highest BCUT2D eigenvalue weighted by atomic mass is 35.5. The molecule has 2 N–H and O–H groups in total. The maximum Gasteiger partial charge on any atom is 0.271 e. The summed E-state index contributed by atoms with van der Waals surface area (Å²) in [6.07, 6.45) is 0. The van der Waals surface area contributed by atoms with Crippen LogP contribution in [0.25, 0.3) is 0 Å². The van der Waals surface area contributed by atoms with Crippen molar-refractivity contribution in [2.24, 2.45) is 10.2 Å². The molecular weight excluding hydrogens is 447 g/mol. The lowest BCUT2D eigenvalue weighted by molar-refractivity contribution is 0.0943. The number of hydrogen-bond donors (Lipinski definition) is 2. The minimum absolute atomic E-state index is 0.370. The smallest absolute Gasteiger partial charge is 0.267 e. The Bertz CT molecular complexity index is 1080. The molecule has 0 spiro atoms. The van der Waals surface area contributed by atoms with Crippen LogP contribution in [0.5, 0.6) is 0 Å². The zero-order valence-corrected chi connectivity index (χ0v) is 18.9. The fourth-order valence-corrected chi connectivity index (χ4v) is 2.93. The normalized spacial score (nSPS) is 11.8. The van der Waals surface area contributed by atoms with E-state index in [2.05, 4.69) is 21.1 Å². The molecule has 0 aromatic heterocycles. The van der Waals surface area contributed by atoms with Gasteiger partial charge in [-0.15, -0.1) is 0 Å². The van der Waals surface area contributed by atoms with E-state index in [-0.39, 0.29) is 11.8 Å². The fraction of sp³-hybridized carbons (Fsp3) is 0.0833. The minimum atomic E-state index is -0.387. The summed E-state index contributed by atoms with van der Waals surface area (Å²) >= 11 is 11.8. The Labute approximate surface area is 195 Å². The summed E-state index contributed by atoms with van der Waals surface area (Å²) in [6, 6.07) is 20.5. The first-order valence-electron chi connectivity index (χ1n) is 9.64. The van der Waals surface area contributed by atoms with Crippen LogP contribution in [0, 0.1) is 0 Å². The Morgan fingerprint density at radius 3 is 1.16 bits per heavy atom. The number of amides is 2. The third-order valence-corrected chi connectivity index (χ3v) is 5.09. The van der Waals surface area contributed by atoms with Crippen LogP contribution in [0.3, 0.4) is 0 Å². The molecule has 2 amide bonds. The number of hydrogen-bond acceptors (Lipinski definition) is 4. The number of halogens is 2. The van der Waals surface area contributed by atoms with Gasteiger partial charge in [0.2, 0.25) is 0 Å². The molecule has 0 saturated heterocycles. The average molecular weight is 467 g/mol. The highest BCUT2D eigenvalue weighted by molar-refractivity contribution is 6.31. The van der Waals surface area contributed by atoms with Gasteiger partial charge in [0.05, 0.1) is 11.4 Å². The third kappa shape index (κ3) is 6.26. The Morgan fingerprint density at radius 1 is 0.562 bits per heavy atom. The lowest BCUT2D eigenvalue weighted by Gasteiger charge is -2.05. The third-order valence-electron chi connectivity index (χ3n) is 4.58. The SMILES string of the molecule is C/C(=N/NC(=O)c1ccc(C(=O)N/N=C(/C)c2ccc(Cl)cc2)cc1)c1ccc(Cl)cc1. The van der Waals surface area contributed by atoms with Gasteiger partial charge in [0.15, 0.2) is 0 Å². The van der Waals surface area contributed by atoms with E-state index in [1.54, 1.807) is 62.4 Å². The van der Waals surface area contributed by atoms with E-state index in [9.17, 15) is 9.59 Å². The van der Waals surface area contributed by atoms with Crippen LogP contribution in [-0.4, -0.2) is 23.2 Å². The molecule has 0 aliphatic carbocycles. The molecule has 0 fully saturated rings. The molecule has 0 aliphatic heterocycles. The first-order valence-corrected chi connectivity index (χ1v) is 10.4. The molecule has 0 heterocycles. The predicted octanol–water partition coefficient (Wildman–Crippen LogP) is 5.30. The minimum Gasteiger partial charge on any atom is -0.267 e. The molecule has 162 valence electrons. The number of nitrogens with one attached hydrogen (secondary N) is 2. The van der Waals surface area contributed by atoms with Crippen molar-refractivity contribution in [3.05, 3.63) is 105 Å². The van der Waals surface area contributed by atoms with Gasteiger partial charge in [-0.2, -0.15) is 10.2 Å². The Hall–Kier alpha value is -3.48. The molecule has 0 saturated carbocycles. The molecule has 3 rings (SSSR count). The summed E-state index contributed by atoms with van der Waals surface area (Å²) in [5.41, 5.74) is 8.72. The van der Waals surface area contributed by atoms with Crippen molar-refractivity contribution in [3.8, 4) is 0 Å². The molecule has 8 heteroatoms. The van der Waals surface area contributed by atoms with Gasteiger partial charge in [-0.05, 0) is 73.5 Å². The van der Waals surface area contributed by atoms with Gasteiger partial charge in [-0.3, -0.25) is 9.59 Å². The van der Waals surface area contributed by atoms with Crippen molar-refractivity contribution in [2.75, 3.05) is 0 Å². The highest BCUT2D eigenvalue weighted by Crippen LogP contribution is 2.11. The molecule has 0 unspecified atom stereocenters. The van der Waals surface area contributed by atoms with Crippen molar-refractivity contribution in [1.82, 2.24) is 10.9 Å². The summed E-state index contributed by atoms with van der Waals surface area (Å²) in [6.45, 7) is 3.56. The van der Waals surface area contributed by atoms with Gasteiger partial charge in [-0.25, -0.2) is 10.9 Å². The van der Waals surface area contributed by atoms with Crippen LogP contribution in [-0.2, 0) is 0 Å². The summed E-state index contributed by atoms with van der Waals surface area (Å²) in [5.74, 6) is -0.774. The van der Waals surface area contributed by atoms with Gasteiger partial charge in [-0.1, -0.05) is 47.5 Å². The molecule has 0 atom stereocenters. The second-order valence-electron chi connectivity index (χ2n) is 6.87. The van der Waals surface area contributed by atoms with E-state index in [1.807, 2.05) is 24.3 Å². The van der Waals surface area contributed by atoms with E-state index >= 15 is 0 Å². The van der Waals surface area contributed by atoms with Crippen molar-refractivity contribution in [3.63, 3.8) is 0 Å². The lowest BCUT2D eigenvalue weighted by atomic mass is 10.1. The molecule has 3 aromatic rings. The van der Waals surface area contributed by atoms with Crippen LogP contribution < -0.4 is 10.9 Å². The maximum absolute atomic E-state index is 12.3. The molecular formula is C24H20Cl2N4O2. The number of hydrazone groups is 2. The van der Waals surface area contributed by atoms with Gasteiger partial charge in [0.25, 0.3) is 11.8 Å². The highest BCUT2D eigenvalue weighted by Gasteiger charge is 2.09. The second-order valence-corrected chi connectivity index (χ2v) is 7.74. The molecule has 32 heavy (non-hydrogen) atoms. The summed E-state index contributed by atoms with van der Waals surface area (Å²) in [7, 11) is 0. The van der Waals surface area contributed by atoms with E-state index in [1.165, 1.54) is 0 Å². The number of rotatable bonds is 6. The molecule has 0 bridgehead atoms. The van der Waals surface area contributed by atoms with Gasteiger partial charge < -0.3 is 0 Å². The molecule has 3 aromatic carbocycles. The molecule has 6 nitrogen and oxygen atoms in total. The van der Waals surface area contributed by atoms with Crippen molar-refractivity contribution in [1.29, 1.82) is 0 Å². The van der Waals surface area contributed by atoms with Crippen molar-refractivity contribution >= 4 is 46.4 Å². The first kappa shape index (κ1) is 23.2. The first-order chi connectivity index (χ1) is 15.3. The van der Waals surface area contributed by atoms with Crippen molar-refractivity contribution in [2.45, 2.75) is 13.8 Å². The predicted molar refractivity (Wildman–Crippen MR) is 129 cm³/mol. The summed E-state index contributed by atoms with van der Waals surface area (Å²) in [5, 5.41) is 9.47. The van der Waals surface area contributed by atoms with Gasteiger partial charge >= 0.3 is 0 Å². The maximum atomic E-state index is 12.3. The Morgan fingerprint density at radius 2 is 0.844 bits per heavy atom. The quantitative estimate of drug-likeness (QED) is 0.381. The van der Waals surface area contributed by atoms with Crippen molar-refractivity contribution < 1.29 is 9.59 Å². The van der Waals surface area contributed by atoms with Crippen LogP contribution in [0.2, 0.25) is 10.0 Å². The van der Waals surface area contributed by atoms with E-state index < -0.39 is 0 Å². The standard InChI is InChI=1S/C24H20Cl2N4O2/c1-15(17-7-11-21(25)12-8-17)27-29-23(31)19-3-5-20(6-4-19)24(32)30-28-16(2)18-9-13-22(26)14-10-18/h3-14H,1-2H3,(H,29,31)(H,30,32)/b27-15-,28-16-. The topological polar surface area (TPSA) is 82.9 Å². The number of carbonyl (C=O) groups is 2. The second kappa shape index (κ2) is 10.7. The lowest BCUT2D eigenvalue weighted by Crippen LogP contribution is -2.21. The zero-order chi connectivity index (χ0) is 23.1. The summed E-state index contributed by atoms with van der Waals surface area (Å²) in [4.78, 5) is 24.7. The van der Waals surface area contributed by atoms with Crippen LogP contribution >= 0.6 is 23.2 Å². The average Bonchev–Trinajstić information content (AvgIpc) is 2.81. The summed E-state index contributed by atoms with van der Waals surface area (Å²) < 4.78 is 0. The van der Waals surface area contributed by atoms with E-state index in [0.29, 0.717) is 32.6 Å². The molecule has 0 aliphatic rings. The number of carbonyl (C=O) groups excluding carboxylic acids is 2. The van der Waals surface area contributed by atoms with E-state index in [0.717, 1.165) is 11.1 Å². The Kier molecular flexibility index (Phi) is 7.76. The van der Waals surface area contributed by atoms with Crippen LogP contribution in [0.4, 0.5) is 0 Å². The monoisotopic (exact) mass is 466 g/mol. The number of nitrogens with zero attached hydrogens (tertiary/aromatic N) is 2. The van der Waals surface area contributed by atoms with Crippen LogP contribution in [0.15, 0.2) is 83.0 Å². The fourth-order valence-electron chi connectivity index (χ4n) is 2.68. The van der Waals surface area contributed by atoms with E-state index in [4.69, 9.17) is 23.2 Å². The Balaban J connectivity index is 1.59. The van der Waals surface area contributed by atoms with Gasteiger partial charge in [0, 0.05) is 21.2 Å². The van der Waals surface area contributed by atoms with Gasteiger partial charge in [0.1, 0.15) is 0 Å².